The normalized spacial score (nSPS) is 11.8. The van der Waals surface area contributed by atoms with E-state index < -0.39 is 24.6 Å². The minimum atomic E-state index is -1.11. The van der Waals surface area contributed by atoms with Crippen LogP contribution in [0.25, 0.3) is 11.5 Å². The highest BCUT2D eigenvalue weighted by atomic mass is 16.6. The molecular formula is C25H29N3O6. The van der Waals surface area contributed by atoms with Gasteiger partial charge in [0.05, 0.1) is 12.6 Å². The highest BCUT2D eigenvalue weighted by Gasteiger charge is 2.25. The average molecular weight is 468 g/mol. The Morgan fingerprint density at radius 1 is 1.06 bits per heavy atom. The summed E-state index contributed by atoms with van der Waals surface area (Å²) in [6.07, 6.45) is -0.662. The molecule has 0 spiro atoms. The maximum atomic E-state index is 12.4. The zero-order chi connectivity index (χ0) is 24.7. The van der Waals surface area contributed by atoms with Gasteiger partial charge in [0.2, 0.25) is 5.82 Å². The minimum Gasteiger partial charge on any atom is -0.485 e. The van der Waals surface area contributed by atoms with Crippen molar-refractivity contribution in [2.75, 3.05) is 13.2 Å². The van der Waals surface area contributed by atoms with E-state index in [-0.39, 0.29) is 19.1 Å². The summed E-state index contributed by atoms with van der Waals surface area (Å²) in [5.41, 5.74) is 2.72. The molecular weight excluding hydrogens is 438 g/mol. The molecule has 3 rings (SSSR count). The summed E-state index contributed by atoms with van der Waals surface area (Å²) in [5.74, 6) is 0.442. The number of rotatable bonds is 10. The number of aliphatic carboxylic acids is 1. The van der Waals surface area contributed by atoms with E-state index in [0.29, 0.717) is 17.5 Å². The minimum absolute atomic E-state index is 0.122. The van der Waals surface area contributed by atoms with Crippen LogP contribution < -0.4 is 4.74 Å². The molecule has 0 aliphatic carbocycles. The van der Waals surface area contributed by atoms with E-state index in [4.69, 9.17) is 14.0 Å². The van der Waals surface area contributed by atoms with Crippen molar-refractivity contribution in [3.05, 3.63) is 65.5 Å². The lowest BCUT2D eigenvalue weighted by molar-refractivity contribution is -0.138. The predicted octanol–water partition coefficient (Wildman–Crippen LogP) is 4.86. The third-order valence-electron chi connectivity index (χ3n) is 5.04. The van der Waals surface area contributed by atoms with Crippen LogP contribution in [0.5, 0.6) is 5.75 Å². The molecule has 9 nitrogen and oxygen atoms in total. The number of hydrogen-bond donors (Lipinski definition) is 1. The van der Waals surface area contributed by atoms with E-state index in [2.05, 4.69) is 10.1 Å². The van der Waals surface area contributed by atoms with Crippen LogP contribution in [0.4, 0.5) is 4.79 Å². The van der Waals surface area contributed by atoms with Crippen LogP contribution in [0.15, 0.2) is 53.1 Å². The largest absolute Gasteiger partial charge is 0.485 e. The van der Waals surface area contributed by atoms with Gasteiger partial charge in [0.25, 0.3) is 5.89 Å². The molecule has 0 saturated heterocycles. The van der Waals surface area contributed by atoms with Gasteiger partial charge in [-0.05, 0) is 49.6 Å². The number of ether oxygens (including phenoxy) is 2. The summed E-state index contributed by atoms with van der Waals surface area (Å²) in [5, 5.41) is 13.2. The van der Waals surface area contributed by atoms with Crippen molar-refractivity contribution in [2.45, 2.75) is 40.3 Å². The molecule has 0 radical (unpaired) electrons. The molecule has 1 aromatic heterocycles. The molecule has 0 aliphatic rings. The molecule has 1 N–H and O–H groups in total. The van der Waals surface area contributed by atoms with Crippen molar-refractivity contribution < 1.29 is 28.7 Å². The quantitative estimate of drug-likeness (QED) is 0.449. The molecule has 180 valence electrons. The van der Waals surface area contributed by atoms with Gasteiger partial charge in [-0.1, -0.05) is 48.8 Å². The lowest BCUT2D eigenvalue weighted by atomic mass is 10.1. The molecule has 9 heteroatoms. The van der Waals surface area contributed by atoms with Gasteiger partial charge >= 0.3 is 12.1 Å². The highest BCUT2D eigenvalue weighted by Crippen LogP contribution is 2.24. The third kappa shape index (κ3) is 6.81. The smallest absolute Gasteiger partial charge is 0.410 e. The summed E-state index contributed by atoms with van der Waals surface area (Å²) in [6, 6.07) is 14.3. The van der Waals surface area contributed by atoms with Crippen molar-refractivity contribution >= 4 is 12.1 Å². The lowest BCUT2D eigenvalue weighted by Gasteiger charge is -2.27. The molecule has 34 heavy (non-hydrogen) atoms. The Morgan fingerprint density at radius 3 is 2.35 bits per heavy atom. The Bertz CT molecular complexity index is 1090. The molecule has 0 saturated carbocycles. The van der Waals surface area contributed by atoms with Crippen LogP contribution >= 0.6 is 0 Å². The van der Waals surface area contributed by atoms with E-state index >= 15 is 0 Å². The molecule has 0 bridgehead atoms. The van der Waals surface area contributed by atoms with E-state index in [1.807, 2.05) is 45.0 Å². The number of carbonyl (C=O) groups is 2. The van der Waals surface area contributed by atoms with E-state index in [1.165, 1.54) is 4.90 Å². The summed E-state index contributed by atoms with van der Waals surface area (Å²) in [6.45, 7) is 7.46. The second-order valence-corrected chi connectivity index (χ2v) is 8.41. The fourth-order valence-corrected chi connectivity index (χ4v) is 3.12. The first-order valence-electron chi connectivity index (χ1n) is 11.0. The number of carbonyl (C=O) groups excluding carboxylic acids is 1. The fourth-order valence-electron chi connectivity index (χ4n) is 3.12. The Labute approximate surface area is 198 Å². The molecule has 2 aromatic carbocycles. The third-order valence-corrected chi connectivity index (χ3v) is 5.04. The van der Waals surface area contributed by atoms with Gasteiger partial charge in [-0.25, -0.2) is 4.79 Å². The topological polar surface area (TPSA) is 115 Å². The fraction of sp³-hybridized carbons (Fsp3) is 0.360. The summed E-state index contributed by atoms with van der Waals surface area (Å²) in [7, 11) is 0. The number of aromatic nitrogens is 2. The molecule has 0 aliphatic heterocycles. The zero-order valence-corrected chi connectivity index (χ0v) is 19.7. The van der Waals surface area contributed by atoms with E-state index in [9.17, 15) is 14.7 Å². The first kappa shape index (κ1) is 24.8. The standard InChI is InChI=1S/C25H29N3O6/c1-16(2)14-33-25(31)28(13-23(29)30)18(4)19-9-11-21(12-10-19)32-15-22-26-24(34-27-22)20-7-5-17(3)6-8-20/h5-12,16,18H,13-15H2,1-4H3,(H,29,30). The van der Waals surface area contributed by atoms with Crippen LogP contribution in [0, 0.1) is 12.8 Å². The zero-order valence-electron chi connectivity index (χ0n) is 19.7. The summed E-state index contributed by atoms with van der Waals surface area (Å²) < 4.78 is 16.3. The first-order valence-corrected chi connectivity index (χ1v) is 11.0. The van der Waals surface area contributed by atoms with Gasteiger partial charge < -0.3 is 19.1 Å². The van der Waals surface area contributed by atoms with Crippen LogP contribution in [-0.4, -0.2) is 45.4 Å². The first-order chi connectivity index (χ1) is 16.2. The van der Waals surface area contributed by atoms with Crippen molar-refractivity contribution in [1.29, 1.82) is 0 Å². The van der Waals surface area contributed by atoms with Gasteiger partial charge in [0, 0.05) is 5.56 Å². The van der Waals surface area contributed by atoms with Crippen molar-refractivity contribution in [3.63, 3.8) is 0 Å². The molecule has 0 fully saturated rings. The highest BCUT2D eigenvalue weighted by molar-refractivity contribution is 5.77. The number of aryl methyl sites for hydroxylation is 1. The predicted molar refractivity (Wildman–Crippen MR) is 124 cm³/mol. The number of hydrogen-bond acceptors (Lipinski definition) is 7. The van der Waals surface area contributed by atoms with E-state index in [0.717, 1.165) is 16.7 Å². The number of benzene rings is 2. The summed E-state index contributed by atoms with van der Waals surface area (Å²) in [4.78, 5) is 29.3. The Hall–Kier alpha value is -3.88. The van der Waals surface area contributed by atoms with Gasteiger partial charge in [-0.15, -0.1) is 0 Å². The SMILES string of the molecule is Cc1ccc(-c2nc(COc3ccc(C(C)N(CC(=O)O)C(=O)OCC(C)C)cc3)no2)cc1. The number of nitrogens with zero attached hydrogens (tertiary/aromatic N) is 3. The number of carboxylic acid groups (broad SMARTS) is 1. The van der Waals surface area contributed by atoms with Gasteiger partial charge in [-0.2, -0.15) is 4.98 Å². The van der Waals surface area contributed by atoms with Crippen molar-refractivity contribution in [1.82, 2.24) is 15.0 Å². The Kier molecular flexibility index (Phi) is 8.24. The van der Waals surface area contributed by atoms with Crippen LogP contribution in [0.2, 0.25) is 0 Å². The average Bonchev–Trinajstić information content (AvgIpc) is 3.29. The summed E-state index contributed by atoms with van der Waals surface area (Å²) >= 11 is 0. The van der Waals surface area contributed by atoms with E-state index in [1.54, 1.807) is 31.2 Å². The molecule has 3 aromatic rings. The molecule has 1 atom stereocenters. The van der Waals surface area contributed by atoms with Crippen molar-refractivity contribution in [3.8, 4) is 17.2 Å². The molecule has 1 unspecified atom stereocenters. The second kappa shape index (κ2) is 11.3. The Morgan fingerprint density at radius 2 is 1.74 bits per heavy atom. The maximum absolute atomic E-state index is 12.4. The van der Waals surface area contributed by atoms with Crippen molar-refractivity contribution in [2.24, 2.45) is 5.92 Å². The number of carboxylic acids is 1. The van der Waals surface area contributed by atoms with Crippen LogP contribution in [0.1, 0.15) is 43.8 Å². The second-order valence-electron chi connectivity index (χ2n) is 8.41. The van der Waals surface area contributed by atoms with Gasteiger partial charge in [0.15, 0.2) is 6.61 Å². The molecule has 1 heterocycles. The molecule has 1 amide bonds. The number of amides is 1. The van der Waals surface area contributed by atoms with Crippen LogP contribution in [-0.2, 0) is 16.1 Å². The Balaban J connectivity index is 1.61. The lowest BCUT2D eigenvalue weighted by Crippen LogP contribution is -2.38. The maximum Gasteiger partial charge on any atom is 0.410 e. The van der Waals surface area contributed by atoms with Gasteiger partial charge in [0.1, 0.15) is 12.3 Å². The monoisotopic (exact) mass is 467 g/mol. The van der Waals surface area contributed by atoms with Gasteiger partial charge in [-0.3, -0.25) is 9.69 Å². The van der Waals surface area contributed by atoms with Crippen LogP contribution in [0.3, 0.4) is 0 Å².